The Labute approximate surface area is 305 Å². The van der Waals surface area contributed by atoms with E-state index in [0.717, 1.165) is 38.5 Å². The fraction of sp³-hybridized carbons (Fsp3) is 0.878. The SMILES string of the molecule is CCCCCCCCCCCCCCCC(=O)N[C@H](CO[C@@H]1O[C@@H](CO)[C@H](O)[C@@H](O)[C@@H]1O)[C@@H](O)/C=C/CC/C=C(\C)CCCCCCCCC. The number of aliphatic hydroxyl groups excluding tert-OH is 5. The average Bonchev–Trinajstić information content (AvgIpc) is 3.11. The molecule has 1 aliphatic heterocycles. The summed E-state index contributed by atoms with van der Waals surface area (Å²) in [6, 6.07) is -0.817. The molecule has 0 spiro atoms. The summed E-state index contributed by atoms with van der Waals surface area (Å²) in [5.74, 6) is -0.188. The van der Waals surface area contributed by atoms with Gasteiger partial charge in [0.1, 0.15) is 24.4 Å². The number of carbonyl (C=O) groups excluding carboxylic acids is 1. The van der Waals surface area contributed by atoms with Crippen molar-refractivity contribution in [1.82, 2.24) is 5.32 Å². The zero-order chi connectivity index (χ0) is 36.8. The van der Waals surface area contributed by atoms with Gasteiger partial charge in [-0.3, -0.25) is 4.79 Å². The molecular weight excluding hydrogens is 634 g/mol. The lowest BCUT2D eigenvalue weighted by Crippen LogP contribution is -2.60. The first-order valence-electron chi connectivity index (χ1n) is 20.5. The van der Waals surface area contributed by atoms with E-state index in [9.17, 15) is 30.3 Å². The van der Waals surface area contributed by atoms with Gasteiger partial charge in [-0.25, -0.2) is 0 Å². The summed E-state index contributed by atoms with van der Waals surface area (Å²) in [5, 5.41) is 54.0. The third kappa shape index (κ3) is 22.6. The normalized spacial score (nSPS) is 22.6. The Morgan fingerprint density at radius 2 is 1.22 bits per heavy atom. The van der Waals surface area contributed by atoms with E-state index in [1.165, 1.54) is 115 Å². The molecular formula is C41H77NO8. The molecule has 0 aromatic carbocycles. The summed E-state index contributed by atoms with van der Waals surface area (Å²) in [5.41, 5.74) is 1.39. The van der Waals surface area contributed by atoms with Crippen molar-refractivity contribution < 1.29 is 39.8 Å². The van der Waals surface area contributed by atoms with Crippen molar-refractivity contribution in [3.63, 3.8) is 0 Å². The molecule has 0 aromatic rings. The molecule has 0 saturated carbocycles. The van der Waals surface area contributed by atoms with Crippen molar-refractivity contribution in [3.05, 3.63) is 23.8 Å². The largest absolute Gasteiger partial charge is 0.394 e. The van der Waals surface area contributed by atoms with E-state index in [1.807, 2.05) is 6.08 Å². The minimum Gasteiger partial charge on any atom is -0.394 e. The molecule has 0 aromatic heterocycles. The van der Waals surface area contributed by atoms with E-state index in [0.29, 0.717) is 6.42 Å². The Hall–Kier alpha value is -1.33. The number of hydrogen-bond donors (Lipinski definition) is 6. The van der Waals surface area contributed by atoms with Crippen molar-refractivity contribution in [2.45, 2.75) is 218 Å². The Bertz CT molecular complexity index is 866. The van der Waals surface area contributed by atoms with E-state index in [1.54, 1.807) is 6.08 Å². The van der Waals surface area contributed by atoms with Gasteiger partial charge in [0.15, 0.2) is 6.29 Å². The number of aliphatic hydroxyl groups is 5. The van der Waals surface area contributed by atoms with E-state index in [2.05, 4.69) is 32.2 Å². The lowest BCUT2D eigenvalue weighted by Gasteiger charge is -2.40. The average molecular weight is 712 g/mol. The number of amides is 1. The van der Waals surface area contributed by atoms with Crippen LogP contribution in [0.4, 0.5) is 0 Å². The summed E-state index contributed by atoms with van der Waals surface area (Å²) >= 11 is 0. The van der Waals surface area contributed by atoms with Crippen LogP contribution in [-0.4, -0.2) is 87.5 Å². The molecule has 1 rings (SSSR count). The first-order valence-corrected chi connectivity index (χ1v) is 20.5. The molecule has 7 atom stereocenters. The topological polar surface area (TPSA) is 149 Å². The molecule has 0 bridgehead atoms. The molecule has 1 fully saturated rings. The number of ether oxygens (including phenoxy) is 2. The second kappa shape index (κ2) is 31.2. The fourth-order valence-electron chi connectivity index (χ4n) is 6.47. The van der Waals surface area contributed by atoms with Crippen molar-refractivity contribution in [2.24, 2.45) is 0 Å². The summed E-state index contributed by atoms with van der Waals surface area (Å²) in [4.78, 5) is 12.9. The molecule has 0 aliphatic carbocycles. The molecule has 1 amide bonds. The van der Waals surface area contributed by atoms with Gasteiger partial charge in [0.05, 0.1) is 25.4 Å². The summed E-state index contributed by atoms with van der Waals surface area (Å²) in [6.07, 6.45) is 25.8. The zero-order valence-corrected chi connectivity index (χ0v) is 32.1. The maximum atomic E-state index is 12.9. The highest BCUT2D eigenvalue weighted by atomic mass is 16.7. The number of allylic oxidation sites excluding steroid dienone is 3. The highest BCUT2D eigenvalue weighted by Gasteiger charge is 2.44. The number of nitrogens with one attached hydrogen (secondary N) is 1. The number of carbonyl (C=O) groups is 1. The van der Waals surface area contributed by atoms with Crippen molar-refractivity contribution in [2.75, 3.05) is 13.2 Å². The predicted octanol–water partition coefficient (Wildman–Crippen LogP) is 7.55. The molecule has 9 nitrogen and oxygen atoms in total. The zero-order valence-electron chi connectivity index (χ0n) is 32.1. The first kappa shape index (κ1) is 46.7. The Morgan fingerprint density at radius 3 is 1.74 bits per heavy atom. The van der Waals surface area contributed by atoms with Gasteiger partial charge in [0.2, 0.25) is 5.91 Å². The van der Waals surface area contributed by atoms with Gasteiger partial charge >= 0.3 is 0 Å². The van der Waals surface area contributed by atoms with Crippen LogP contribution in [0.25, 0.3) is 0 Å². The molecule has 1 aliphatic rings. The van der Waals surface area contributed by atoms with Crippen LogP contribution in [0.2, 0.25) is 0 Å². The minimum absolute atomic E-state index is 0.188. The van der Waals surface area contributed by atoms with Crippen LogP contribution < -0.4 is 5.32 Å². The quantitative estimate of drug-likeness (QED) is 0.0310. The number of unbranched alkanes of at least 4 members (excludes halogenated alkanes) is 19. The van der Waals surface area contributed by atoms with Gasteiger partial charge in [-0.15, -0.1) is 0 Å². The van der Waals surface area contributed by atoms with Crippen LogP contribution in [0.1, 0.15) is 175 Å². The van der Waals surface area contributed by atoms with Crippen LogP contribution in [0, 0.1) is 0 Å². The van der Waals surface area contributed by atoms with E-state index >= 15 is 0 Å². The van der Waals surface area contributed by atoms with Gasteiger partial charge in [-0.2, -0.15) is 0 Å². The molecule has 0 unspecified atom stereocenters. The fourth-order valence-corrected chi connectivity index (χ4v) is 6.47. The third-order valence-corrected chi connectivity index (χ3v) is 9.89. The number of rotatable bonds is 32. The van der Waals surface area contributed by atoms with Crippen LogP contribution in [0.15, 0.2) is 23.8 Å². The molecule has 50 heavy (non-hydrogen) atoms. The van der Waals surface area contributed by atoms with E-state index in [-0.39, 0.29) is 12.5 Å². The second-order valence-electron chi connectivity index (χ2n) is 14.6. The Kier molecular flexibility index (Phi) is 29.2. The van der Waals surface area contributed by atoms with Crippen LogP contribution in [0.5, 0.6) is 0 Å². The van der Waals surface area contributed by atoms with Gasteiger partial charge in [0, 0.05) is 6.42 Å². The molecule has 1 heterocycles. The maximum absolute atomic E-state index is 12.9. The maximum Gasteiger partial charge on any atom is 0.220 e. The lowest BCUT2D eigenvalue weighted by molar-refractivity contribution is -0.302. The monoisotopic (exact) mass is 712 g/mol. The smallest absolute Gasteiger partial charge is 0.220 e. The van der Waals surface area contributed by atoms with Gasteiger partial charge in [0.25, 0.3) is 0 Å². The summed E-state index contributed by atoms with van der Waals surface area (Å²) < 4.78 is 11.2. The van der Waals surface area contributed by atoms with Gasteiger partial charge < -0.3 is 40.3 Å². The second-order valence-corrected chi connectivity index (χ2v) is 14.6. The van der Waals surface area contributed by atoms with Crippen LogP contribution in [-0.2, 0) is 14.3 Å². The molecule has 1 saturated heterocycles. The van der Waals surface area contributed by atoms with Crippen LogP contribution in [0.3, 0.4) is 0 Å². The van der Waals surface area contributed by atoms with Crippen molar-refractivity contribution >= 4 is 5.91 Å². The van der Waals surface area contributed by atoms with E-state index in [4.69, 9.17) is 9.47 Å². The summed E-state index contributed by atoms with van der Waals surface area (Å²) in [7, 11) is 0. The Morgan fingerprint density at radius 1 is 0.720 bits per heavy atom. The molecule has 294 valence electrons. The Balaban J connectivity index is 2.51. The molecule has 9 heteroatoms. The number of hydrogen-bond acceptors (Lipinski definition) is 8. The van der Waals surface area contributed by atoms with Crippen LogP contribution >= 0.6 is 0 Å². The predicted molar refractivity (Wildman–Crippen MR) is 203 cm³/mol. The summed E-state index contributed by atoms with van der Waals surface area (Å²) in [6.45, 7) is 5.90. The van der Waals surface area contributed by atoms with Crippen molar-refractivity contribution in [1.29, 1.82) is 0 Å². The lowest BCUT2D eigenvalue weighted by atomic mass is 9.99. The van der Waals surface area contributed by atoms with Gasteiger partial charge in [-0.1, -0.05) is 153 Å². The highest BCUT2D eigenvalue weighted by molar-refractivity contribution is 5.76. The minimum atomic E-state index is -1.57. The van der Waals surface area contributed by atoms with Gasteiger partial charge in [-0.05, 0) is 39.0 Å². The molecule has 0 radical (unpaired) electrons. The molecule has 6 N–H and O–H groups in total. The van der Waals surface area contributed by atoms with E-state index < -0.39 is 49.5 Å². The standard InChI is InChI=1S/C41H77NO8/c1-4-6-8-10-12-13-14-15-16-17-19-21-26-30-37(45)42-34(32-49-41-40(48)39(47)38(46)36(31-43)50-41)35(44)29-25-22-24-28-33(3)27-23-20-18-11-9-7-5-2/h25,28-29,34-36,38-41,43-44,46-48H,4-24,26-27,30-32H2,1-3H3,(H,42,45)/b29-25+,33-28+/t34-,35+,36+,38+,39-,40+,41-/m1/s1. The first-order chi connectivity index (χ1) is 24.2. The van der Waals surface area contributed by atoms with Crippen molar-refractivity contribution in [3.8, 4) is 0 Å². The third-order valence-electron chi connectivity index (χ3n) is 9.89. The highest BCUT2D eigenvalue weighted by Crippen LogP contribution is 2.22.